The van der Waals surface area contributed by atoms with Crippen molar-refractivity contribution in [3.05, 3.63) is 51.7 Å². The third-order valence-corrected chi connectivity index (χ3v) is 2.49. The molecule has 0 aliphatic rings. The standard InChI is InChI=1S/C12H11FN2O2/c1-7-11(8(2)16)12(17)15(14-7)10-5-3-4-9(13)6-10/h3-6,14H,1-2H3. The van der Waals surface area contributed by atoms with Gasteiger partial charge >= 0.3 is 0 Å². The number of aromatic nitrogens is 2. The molecule has 1 N–H and O–H groups in total. The second-order valence-corrected chi connectivity index (χ2v) is 3.79. The first-order valence-electron chi connectivity index (χ1n) is 5.09. The Morgan fingerprint density at radius 1 is 1.41 bits per heavy atom. The van der Waals surface area contributed by atoms with Gasteiger partial charge in [-0.25, -0.2) is 9.07 Å². The van der Waals surface area contributed by atoms with Crippen LogP contribution in [0.15, 0.2) is 29.1 Å². The van der Waals surface area contributed by atoms with E-state index in [9.17, 15) is 14.0 Å². The molecular weight excluding hydrogens is 223 g/mol. The summed E-state index contributed by atoms with van der Waals surface area (Å²) < 4.78 is 14.2. The number of hydrogen-bond acceptors (Lipinski definition) is 2. The highest BCUT2D eigenvalue weighted by Gasteiger charge is 2.15. The predicted octanol–water partition coefficient (Wildman–Crippen LogP) is 1.82. The molecule has 1 aromatic heterocycles. The number of nitrogens with zero attached hydrogens (tertiary/aromatic N) is 1. The zero-order chi connectivity index (χ0) is 12.6. The fourth-order valence-corrected chi connectivity index (χ4v) is 1.76. The molecule has 0 aliphatic carbocycles. The minimum atomic E-state index is -0.458. The Balaban J connectivity index is 2.66. The Kier molecular flexibility index (Phi) is 2.67. The van der Waals surface area contributed by atoms with Gasteiger partial charge in [0.2, 0.25) is 0 Å². The van der Waals surface area contributed by atoms with Crippen LogP contribution >= 0.6 is 0 Å². The van der Waals surface area contributed by atoms with Crippen LogP contribution in [-0.2, 0) is 0 Å². The first kappa shape index (κ1) is 11.3. The summed E-state index contributed by atoms with van der Waals surface area (Å²) in [6, 6.07) is 5.60. The van der Waals surface area contributed by atoms with Gasteiger partial charge in [-0.2, -0.15) is 0 Å². The highest BCUT2D eigenvalue weighted by atomic mass is 19.1. The topological polar surface area (TPSA) is 54.9 Å². The van der Waals surface area contributed by atoms with Gasteiger partial charge in [0.1, 0.15) is 11.4 Å². The molecule has 0 bridgehead atoms. The quantitative estimate of drug-likeness (QED) is 0.806. The summed E-state index contributed by atoms with van der Waals surface area (Å²) in [5, 5.41) is 2.75. The Hall–Kier alpha value is -2.17. The maximum atomic E-state index is 13.1. The summed E-state index contributed by atoms with van der Waals surface area (Å²) in [5.74, 6) is -0.745. The van der Waals surface area contributed by atoms with Crippen molar-refractivity contribution in [1.29, 1.82) is 0 Å². The Bertz CT molecular complexity index is 640. The van der Waals surface area contributed by atoms with E-state index in [1.54, 1.807) is 13.0 Å². The third-order valence-electron chi connectivity index (χ3n) is 2.49. The van der Waals surface area contributed by atoms with Crippen LogP contribution in [0.3, 0.4) is 0 Å². The van der Waals surface area contributed by atoms with Gasteiger partial charge in [-0.15, -0.1) is 0 Å². The molecule has 0 aliphatic heterocycles. The van der Waals surface area contributed by atoms with E-state index in [1.807, 2.05) is 0 Å². The molecule has 2 rings (SSSR count). The van der Waals surface area contributed by atoms with E-state index >= 15 is 0 Å². The average Bonchev–Trinajstić information content (AvgIpc) is 2.54. The van der Waals surface area contributed by atoms with Gasteiger partial charge in [-0.1, -0.05) is 6.07 Å². The Labute approximate surface area is 96.7 Å². The van der Waals surface area contributed by atoms with E-state index in [1.165, 1.54) is 25.1 Å². The van der Waals surface area contributed by atoms with Crippen molar-refractivity contribution >= 4 is 5.78 Å². The highest BCUT2D eigenvalue weighted by molar-refractivity contribution is 5.94. The summed E-state index contributed by atoms with van der Waals surface area (Å²) in [6.45, 7) is 2.96. The van der Waals surface area contributed by atoms with E-state index < -0.39 is 11.4 Å². The molecule has 2 aromatic rings. The molecule has 0 saturated heterocycles. The van der Waals surface area contributed by atoms with Crippen LogP contribution < -0.4 is 5.56 Å². The summed E-state index contributed by atoms with van der Waals surface area (Å²) in [6.07, 6.45) is 0. The zero-order valence-electron chi connectivity index (χ0n) is 9.45. The summed E-state index contributed by atoms with van der Waals surface area (Å²) in [4.78, 5) is 23.2. The van der Waals surface area contributed by atoms with Gasteiger partial charge in [0.15, 0.2) is 5.78 Å². The molecule has 1 aromatic carbocycles. The van der Waals surface area contributed by atoms with E-state index in [4.69, 9.17) is 0 Å². The molecule has 17 heavy (non-hydrogen) atoms. The van der Waals surface area contributed by atoms with Gasteiger partial charge in [-0.3, -0.25) is 14.7 Å². The lowest BCUT2D eigenvalue weighted by Crippen LogP contribution is -2.19. The van der Waals surface area contributed by atoms with Gasteiger partial charge in [0.25, 0.3) is 5.56 Å². The second kappa shape index (κ2) is 4.01. The lowest BCUT2D eigenvalue weighted by atomic mass is 10.2. The van der Waals surface area contributed by atoms with Crippen molar-refractivity contribution in [2.45, 2.75) is 13.8 Å². The molecule has 0 amide bonds. The number of carbonyl (C=O) groups excluding carboxylic acids is 1. The van der Waals surface area contributed by atoms with Gasteiger partial charge in [0.05, 0.1) is 5.69 Å². The zero-order valence-corrected chi connectivity index (χ0v) is 9.45. The monoisotopic (exact) mass is 234 g/mol. The lowest BCUT2D eigenvalue weighted by Gasteiger charge is -2.00. The Morgan fingerprint density at radius 2 is 2.12 bits per heavy atom. The van der Waals surface area contributed by atoms with Gasteiger partial charge < -0.3 is 0 Å². The van der Waals surface area contributed by atoms with Crippen LogP contribution in [0.2, 0.25) is 0 Å². The number of carbonyl (C=O) groups is 1. The molecule has 0 saturated carbocycles. The molecule has 4 nitrogen and oxygen atoms in total. The lowest BCUT2D eigenvalue weighted by molar-refractivity contribution is 0.101. The number of benzene rings is 1. The largest absolute Gasteiger partial charge is 0.295 e. The molecule has 88 valence electrons. The van der Waals surface area contributed by atoms with Crippen LogP contribution in [0.25, 0.3) is 5.69 Å². The molecule has 0 unspecified atom stereocenters. The van der Waals surface area contributed by atoms with E-state index in [0.29, 0.717) is 11.4 Å². The van der Waals surface area contributed by atoms with Crippen molar-refractivity contribution in [1.82, 2.24) is 9.78 Å². The second-order valence-electron chi connectivity index (χ2n) is 3.79. The third kappa shape index (κ3) is 1.91. The van der Waals surface area contributed by atoms with Crippen molar-refractivity contribution in [3.63, 3.8) is 0 Å². The fraction of sp³-hybridized carbons (Fsp3) is 0.167. The first-order chi connectivity index (χ1) is 8.00. The van der Waals surface area contributed by atoms with Crippen LogP contribution in [0.1, 0.15) is 23.0 Å². The number of ketones is 1. The molecule has 5 heteroatoms. The smallest absolute Gasteiger partial charge is 0.282 e. The van der Waals surface area contributed by atoms with Gasteiger partial charge in [0, 0.05) is 5.69 Å². The number of aryl methyl sites for hydroxylation is 1. The first-order valence-corrected chi connectivity index (χ1v) is 5.09. The van der Waals surface area contributed by atoms with Crippen LogP contribution in [0.4, 0.5) is 4.39 Å². The highest BCUT2D eigenvalue weighted by Crippen LogP contribution is 2.09. The van der Waals surface area contributed by atoms with E-state index in [-0.39, 0.29) is 11.3 Å². The maximum absolute atomic E-state index is 13.1. The number of H-pyrrole nitrogens is 1. The minimum Gasteiger partial charge on any atom is -0.295 e. The van der Waals surface area contributed by atoms with Crippen LogP contribution in [-0.4, -0.2) is 15.6 Å². The minimum absolute atomic E-state index is 0.106. The van der Waals surface area contributed by atoms with Crippen molar-refractivity contribution in [2.24, 2.45) is 0 Å². The Morgan fingerprint density at radius 3 is 2.65 bits per heavy atom. The average molecular weight is 234 g/mol. The molecule has 1 heterocycles. The summed E-state index contributed by atoms with van der Waals surface area (Å²) in [7, 11) is 0. The molecular formula is C12H11FN2O2. The van der Waals surface area contributed by atoms with E-state index in [0.717, 1.165) is 4.68 Å². The van der Waals surface area contributed by atoms with Crippen molar-refractivity contribution < 1.29 is 9.18 Å². The van der Waals surface area contributed by atoms with Gasteiger partial charge in [-0.05, 0) is 32.0 Å². The normalized spacial score (nSPS) is 10.5. The number of Topliss-reactive ketones (excluding diaryl/α,β-unsaturated/α-hetero) is 1. The molecule has 0 spiro atoms. The molecule has 0 atom stereocenters. The van der Waals surface area contributed by atoms with Crippen LogP contribution in [0.5, 0.6) is 0 Å². The predicted molar refractivity (Wildman–Crippen MR) is 61.1 cm³/mol. The molecule has 0 fully saturated rings. The maximum Gasteiger partial charge on any atom is 0.282 e. The van der Waals surface area contributed by atoms with Crippen LogP contribution in [0, 0.1) is 12.7 Å². The number of halogens is 1. The van der Waals surface area contributed by atoms with Crippen molar-refractivity contribution in [3.8, 4) is 5.69 Å². The number of nitrogens with one attached hydrogen (secondary N) is 1. The molecule has 0 radical (unpaired) electrons. The number of rotatable bonds is 2. The SMILES string of the molecule is CC(=O)c1c(C)[nH]n(-c2cccc(F)c2)c1=O. The van der Waals surface area contributed by atoms with E-state index in [2.05, 4.69) is 5.10 Å². The fourth-order valence-electron chi connectivity index (χ4n) is 1.76. The summed E-state index contributed by atoms with van der Waals surface area (Å²) in [5.41, 5.74) is 0.493. The number of hydrogen-bond donors (Lipinski definition) is 1. The van der Waals surface area contributed by atoms with Crippen molar-refractivity contribution in [2.75, 3.05) is 0 Å². The number of aromatic amines is 1. The summed E-state index contributed by atoms with van der Waals surface area (Å²) >= 11 is 0.